The number of carbonyl (C=O) groups is 1. The van der Waals surface area contributed by atoms with Gasteiger partial charge in [0.1, 0.15) is 0 Å². The summed E-state index contributed by atoms with van der Waals surface area (Å²) in [7, 11) is 0. The molecule has 0 radical (unpaired) electrons. The number of hydrogen-bond donors (Lipinski definition) is 2. The number of amides is 1. The lowest BCUT2D eigenvalue weighted by Gasteiger charge is -2.12. The Morgan fingerprint density at radius 2 is 2.26 bits per heavy atom. The minimum absolute atomic E-state index is 0.110. The molecule has 7 heteroatoms. The molecule has 0 saturated heterocycles. The first-order valence-electron chi connectivity index (χ1n) is 7.26. The number of aromatic nitrogens is 2. The Balaban J connectivity index is 1.56. The van der Waals surface area contributed by atoms with E-state index in [1.807, 2.05) is 6.07 Å². The van der Waals surface area contributed by atoms with Crippen molar-refractivity contribution < 1.29 is 4.79 Å². The second kappa shape index (κ2) is 5.21. The molecule has 2 aliphatic rings. The van der Waals surface area contributed by atoms with Crippen LogP contribution >= 0.6 is 11.6 Å². The molecule has 1 aromatic carbocycles. The van der Waals surface area contributed by atoms with Crippen molar-refractivity contribution in [3.8, 4) is 6.07 Å². The molecule has 0 unspecified atom stereocenters. The minimum Gasteiger partial charge on any atom is -0.351 e. The Morgan fingerprint density at radius 1 is 1.39 bits per heavy atom. The van der Waals surface area contributed by atoms with Gasteiger partial charge in [-0.1, -0.05) is 11.6 Å². The van der Waals surface area contributed by atoms with Crippen LogP contribution in [0.15, 0.2) is 18.3 Å². The highest BCUT2D eigenvalue weighted by Crippen LogP contribution is 2.30. The van der Waals surface area contributed by atoms with Gasteiger partial charge in [-0.25, -0.2) is 9.97 Å². The van der Waals surface area contributed by atoms with Gasteiger partial charge in [0.25, 0.3) is 5.91 Å². The molecule has 1 atom stereocenters. The number of rotatable bonds is 2. The summed E-state index contributed by atoms with van der Waals surface area (Å²) < 4.78 is 0. The van der Waals surface area contributed by atoms with Gasteiger partial charge in [0.05, 0.1) is 29.4 Å². The van der Waals surface area contributed by atoms with E-state index in [-0.39, 0.29) is 11.9 Å². The van der Waals surface area contributed by atoms with Crippen molar-refractivity contribution in [3.05, 3.63) is 51.3 Å². The Kier molecular flexibility index (Phi) is 3.17. The van der Waals surface area contributed by atoms with Gasteiger partial charge in [0.2, 0.25) is 5.95 Å². The van der Waals surface area contributed by atoms with Gasteiger partial charge in [-0.3, -0.25) is 4.79 Å². The van der Waals surface area contributed by atoms with E-state index in [1.54, 1.807) is 12.3 Å². The van der Waals surface area contributed by atoms with Crippen molar-refractivity contribution in [2.45, 2.75) is 25.4 Å². The molecule has 4 rings (SSSR count). The van der Waals surface area contributed by atoms with Crippen molar-refractivity contribution in [1.29, 1.82) is 5.26 Å². The highest BCUT2D eigenvalue weighted by atomic mass is 35.5. The van der Waals surface area contributed by atoms with E-state index >= 15 is 0 Å². The topological polar surface area (TPSA) is 90.7 Å². The number of nitrogens with one attached hydrogen (secondary N) is 2. The quantitative estimate of drug-likeness (QED) is 0.879. The van der Waals surface area contributed by atoms with Crippen LogP contribution in [0.5, 0.6) is 0 Å². The zero-order chi connectivity index (χ0) is 16.0. The molecule has 2 heterocycles. The summed E-state index contributed by atoms with van der Waals surface area (Å²) in [6, 6.07) is 5.92. The smallest absolute Gasteiger partial charge is 0.255 e. The largest absolute Gasteiger partial charge is 0.351 e. The van der Waals surface area contributed by atoms with E-state index in [0.29, 0.717) is 34.3 Å². The van der Waals surface area contributed by atoms with Crippen LogP contribution in [0.25, 0.3) is 0 Å². The predicted octanol–water partition coefficient (Wildman–Crippen LogP) is 1.82. The average molecular weight is 326 g/mol. The molecule has 0 saturated carbocycles. The molecule has 23 heavy (non-hydrogen) atoms. The van der Waals surface area contributed by atoms with Crippen molar-refractivity contribution in [2.75, 3.05) is 5.32 Å². The first kappa shape index (κ1) is 14.0. The standard InChI is InChI=1S/C16H12ClN5O/c17-10-1-8-3-11(4-12(8)9(2-10)5-18)21-16-20-6-13-14(22-16)7-19-15(13)23/h1-2,6,11H,3-4,7H2,(H,19,23)(H,20,21,22)/t11-/m0/s1. The van der Waals surface area contributed by atoms with Crippen molar-refractivity contribution in [2.24, 2.45) is 0 Å². The first-order valence-corrected chi connectivity index (χ1v) is 7.64. The summed E-state index contributed by atoms with van der Waals surface area (Å²) in [4.78, 5) is 20.1. The molecular weight excluding hydrogens is 314 g/mol. The number of nitrogens with zero attached hydrogens (tertiary/aromatic N) is 3. The summed E-state index contributed by atoms with van der Waals surface area (Å²) in [5.41, 5.74) is 3.99. The number of nitriles is 1. The Bertz CT molecular complexity index is 874. The van der Waals surface area contributed by atoms with Crippen LogP contribution in [-0.2, 0) is 19.4 Å². The van der Waals surface area contributed by atoms with E-state index in [4.69, 9.17) is 11.6 Å². The summed E-state index contributed by atoms with van der Waals surface area (Å²) in [5, 5.41) is 15.8. The highest BCUT2D eigenvalue weighted by Gasteiger charge is 2.26. The third-order valence-electron chi connectivity index (χ3n) is 4.21. The lowest BCUT2D eigenvalue weighted by molar-refractivity contribution is 0.0965. The number of anilines is 1. The second-order valence-electron chi connectivity index (χ2n) is 5.69. The van der Waals surface area contributed by atoms with Crippen LogP contribution < -0.4 is 10.6 Å². The highest BCUT2D eigenvalue weighted by molar-refractivity contribution is 6.30. The molecule has 0 spiro atoms. The lowest BCUT2D eigenvalue weighted by atomic mass is 10.0. The predicted molar refractivity (Wildman–Crippen MR) is 84.2 cm³/mol. The fourth-order valence-electron chi connectivity index (χ4n) is 3.16. The van der Waals surface area contributed by atoms with Crippen molar-refractivity contribution >= 4 is 23.5 Å². The van der Waals surface area contributed by atoms with Crippen LogP contribution in [0.4, 0.5) is 5.95 Å². The van der Waals surface area contributed by atoms with E-state index < -0.39 is 0 Å². The molecule has 1 aromatic heterocycles. The molecular formula is C16H12ClN5O. The number of hydrogen-bond acceptors (Lipinski definition) is 5. The number of benzene rings is 1. The summed E-state index contributed by atoms with van der Waals surface area (Å²) in [6.45, 7) is 0.435. The Morgan fingerprint density at radius 3 is 3.09 bits per heavy atom. The Labute approximate surface area is 137 Å². The van der Waals surface area contributed by atoms with Gasteiger partial charge in [-0.15, -0.1) is 0 Å². The second-order valence-corrected chi connectivity index (χ2v) is 6.13. The fraction of sp³-hybridized carbons (Fsp3) is 0.250. The van der Waals surface area contributed by atoms with Gasteiger partial charge >= 0.3 is 0 Å². The van der Waals surface area contributed by atoms with Gasteiger partial charge in [0.15, 0.2) is 0 Å². The summed E-state index contributed by atoms with van der Waals surface area (Å²) in [5.74, 6) is 0.371. The minimum atomic E-state index is -0.131. The Hall–Kier alpha value is -2.65. The van der Waals surface area contributed by atoms with Crippen LogP contribution in [0.2, 0.25) is 5.02 Å². The van der Waals surface area contributed by atoms with Gasteiger partial charge < -0.3 is 10.6 Å². The maximum Gasteiger partial charge on any atom is 0.255 e. The van der Waals surface area contributed by atoms with Gasteiger partial charge in [0, 0.05) is 17.3 Å². The molecule has 6 nitrogen and oxygen atoms in total. The molecule has 114 valence electrons. The molecule has 1 aliphatic carbocycles. The maximum absolute atomic E-state index is 11.5. The SMILES string of the molecule is N#Cc1cc(Cl)cc2c1C[C@@H](Nc1ncc3c(n1)CNC3=O)C2. The fourth-order valence-corrected chi connectivity index (χ4v) is 3.40. The molecule has 2 N–H and O–H groups in total. The summed E-state index contributed by atoms with van der Waals surface area (Å²) >= 11 is 6.06. The van der Waals surface area contributed by atoms with Crippen LogP contribution in [0, 0.1) is 11.3 Å². The molecule has 1 aliphatic heterocycles. The molecule has 0 bridgehead atoms. The van der Waals surface area contributed by atoms with E-state index in [9.17, 15) is 10.1 Å². The third kappa shape index (κ3) is 2.39. The zero-order valence-corrected chi connectivity index (χ0v) is 12.8. The third-order valence-corrected chi connectivity index (χ3v) is 4.42. The van der Waals surface area contributed by atoms with Crippen LogP contribution in [0.1, 0.15) is 32.7 Å². The normalized spacial score (nSPS) is 18.1. The average Bonchev–Trinajstić information content (AvgIpc) is 3.10. The zero-order valence-electron chi connectivity index (χ0n) is 12.1. The molecule has 2 aromatic rings. The number of fused-ring (bicyclic) bond motifs is 2. The van der Waals surface area contributed by atoms with Crippen molar-refractivity contribution in [3.63, 3.8) is 0 Å². The van der Waals surface area contributed by atoms with Crippen LogP contribution in [-0.4, -0.2) is 21.9 Å². The molecule has 1 amide bonds. The van der Waals surface area contributed by atoms with Crippen LogP contribution in [0.3, 0.4) is 0 Å². The van der Waals surface area contributed by atoms with Gasteiger partial charge in [-0.05, 0) is 36.1 Å². The summed E-state index contributed by atoms with van der Waals surface area (Å²) in [6.07, 6.45) is 3.04. The maximum atomic E-state index is 11.5. The molecule has 0 fully saturated rings. The van der Waals surface area contributed by atoms with E-state index in [2.05, 4.69) is 26.7 Å². The first-order chi connectivity index (χ1) is 11.1. The van der Waals surface area contributed by atoms with Crippen molar-refractivity contribution in [1.82, 2.24) is 15.3 Å². The van der Waals surface area contributed by atoms with E-state index in [1.165, 1.54) is 0 Å². The van der Waals surface area contributed by atoms with E-state index in [0.717, 1.165) is 24.0 Å². The van der Waals surface area contributed by atoms with Gasteiger partial charge in [-0.2, -0.15) is 5.26 Å². The number of carbonyl (C=O) groups excluding carboxylic acids is 1. The monoisotopic (exact) mass is 325 g/mol. The lowest BCUT2D eigenvalue weighted by Crippen LogP contribution is -2.21. The number of halogens is 1.